The number of thioether (sulfide) groups is 1. The minimum Gasteiger partial charge on any atom is -0.477 e. The van der Waals surface area contributed by atoms with Crippen LogP contribution in [0.5, 0.6) is 11.5 Å². The fourth-order valence-corrected chi connectivity index (χ4v) is 10.3. The summed E-state index contributed by atoms with van der Waals surface area (Å²) in [5.41, 5.74) is 6.29. The highest BCUT2D eigenvalue weighted by molar-refractivity contribution is 7.97. The second-order valence-electron chi connectivity index (χ2n) is 19.1. The number of nitro groups is 1. The minimum absolute atomic E-state index is 0.0247. The highest BCUT2D eigenvalue weighted by Crippen LogP contribution is 2.44. The number of aromatic nitrogens is 6. The molecule has 384 valence electrons. The number of hydrogen-bond donors (Lipinski definition) is 1. The Labute approximate surface area is 444 Å². The lowest BCUT2D eigenvalue weighted by atomic mass is 9.77. The Kier molecular flexibility index (Phi) is 15.5. The zero-order chi connectivity index (χ0) is 53.4. The van der Waals surface area contributed by atoms with Crippen LogP contribution in [-0.4, -0.2) is 64.5 Å². The van der Waals surface area contributed by atoms with E-state index in [2.05, 4.69) is 66.7 Å². The largest absolute Gasteiger partial charge is 0.477 e. The molecular weight excluding hydrogens is 977 g/mol. The molecule has 7 aromatic carbocycles. The van der Waals surface area contributed by atoms with Crippen LogP contribution in [0.2, 0.25) is 0 Å². The first-order chi connectivity index (χ1) is 36.7. The first-order valence-electron chi connectivity index (χ1n) is 24.8. The summed E-state index contributed by atoms with van der Waals surface area (Å²) in [7, 11) is 1.41. The number of benzene rings is 7. The first-order valence-corrected chi connectivity index (χ1v) is 26.0. The van der Waals surface area contributed by atoms with Gasteiger partial charge in [-0.15, -0.1) is 5.10 Å². The third-order valence-electron chi connectivity index (χ3n) is 12.8. The third kappa shape index (κ3) is 11.1. The maximum Gasteiger partial charge on any atom is 0.414 e. The molecule has 0 aliphatic carbocycles. The number of aryl methyl sites for hydroxylation is 1. The second-order valence-corrected chi connectivity index (χ2v) is 20.1. The lowest BCUT2D eigenvalue weighted by Crippen LogP contribution is -2.39. The van der Waals surface area contributed by atoms with Crippen LogP contribution in [-0.2, 0) is 34.7 Å². The predicted octanol–water partition coefficient (Wildman–Crippen LogP) is 13.2. The van der Waals surface area contributed by atoms with Crippen molar-refractivity contribution in [3.63, 3.8) is 0 Å². The summed E-state index contributed by atoms with van der Waals surface area (Å²) in [5, 5.41) is 36.4. The molecule has 2 heterocycles. The SMILES string of the molecule is CCCc1nc(CSCc2ccc(Oc3ccc([N+](=O)[O-])c(N(C)C(=O)OC(C)(C)C)c3)cc2)c(C(=O)O)n1Cc1ccc(-c2ccccc2-c2nnnn2C(c2ccccc2)(c2ccccc2)c2ccccc2)cc1. The van der Waals surface area contributed by atoms with Crippen molar-refractivity contribution in [1.82, 2.24) is 29.8 Å². The topological polar surface area (TPSA) is 181 Å². The molecule has 0 spiro atoms. The molecule has 0 bridgehead atoms. The summed E-state index contributed by atoms with van der Waals surface area (Å²) in [6.45, 7) is 7.51. The fraction of sp³-hybridized carbons (Fsp3) is 0.200. The van der Waals surface area contributed by atoms with Crippen molar-refractivity contribution >= 4 is 35.2 Å². The van der Waals surface area contributed by atoms with Crippen LogP contribution < -0.4 is 9.64 Å². The molecule has 0 aliphatic heterocycles. The van der Waals surface area contributed by atoms with Gasteiger partial charge >= 0.3 is 12.1 Å². The molecule has 0 saturated heterocycles. The number of carboxylic acid groups (broad SMARTS) is 1. The quantitative estimate of drug-likeness (QED) is 0.0460. The summed E-state index contributed by atoms with van der Waals surface area (Å²) in [6.07, 6.45) is 0.653. The highest BCUT2D eigenvalue weighted by atomic mass is 32.2. The number of anilines is 1. The Morgan fingerprint density at radius 1 is 0.724 bits per heavy atom. The average Bonchev–Trinajstić information content (AvgIpc) is 4.08. The number of hydrogen-bond acceptors (Lipinski definition) is 11. The van der Waals surface area contributed by atoms with Crippen LogP contribution in [0.4, 0.5) is 16.2 Å². The second kappa shape index (κ2) is 22.7. The van der Waals surface area contributed by atoms with E-state index in [0.29, 0.717) is 53.3 Å². The Morgan fingerprint density at radius 2 is 1.29 bits per heavy atom. The van der Waals surface area contributed by atoms with E-state index in [4.69, 9.17) is 24.8 Å². The van der Waals surface area contributed by atoms with Gasteiger partial charge in [-0.05, 0) is 94.8 Å². The van der Waals surface area contributed by atoms with E-state index in [1.165, 1.54) is 25.2 Å². The van der Waals surface area contributed by atoms with Crippen molar-refractivity contribution in [3.05, 3.63) is 237 Å². The standard InChI is InChI=1S/C60H56N8O7S/c1-6-18-54-61-51(40-76-39-42-29-33-47(34-30-42)74-48-35-36-52(68(72)73)53(37-48)65(5)58(71)75-59(2,3)4)55(57(69)70)66(54)38-41-27-31-43(32-28-41)49-25-16-17-26-50(49)56-62-63-64-67(56)60(44-19-10-7-11-20-44,45-21-12-8-13-22-45)46-23-14-9-15-24-46/h7-17,19-37H,6,18,38-40H2,1-5H3,(H,69,70). The van der Waals surface area contributed by atoms with Gasteiger partial charge in [0, 0.05) is 49.2 Å². The predicted molar refractivity (Wildman–Crippen MR) is 295 cm³/mol. The van der Waals surface area contributed by atoms with Gasteiger partial charge in [0.05, 0.1) is 10.6 Å². The molecule has 0 unspecified atom stereocenters. The van der Waals surface area contributed by atoms with E-state index in [9.17, 15) is 24.8 Å². The lowest BCUT2D eigenvalue weighted by Gasteiger charge is -2.36. The number of ether oxygens (including phenoxy) is 2. The van der Waals surface area contributed by atoms with E-state index in [1.807, 2.05) is 106 Å². The van der Waals surface area contributed by atoms with Gasteiger partial charge in [-0.2, -0.15) is 11.8 Å². The molecule has 15 nitrogen and oxygen atoms in total. The van der Waals surface area contributed by atoms with E-state index in [1.54, 1.807) is 44.7 Å². The molecule has 0 fully saturated rings. The van der Waals surface area contributed by atoms with Gasteiger partial charge in [0.25, 0.3) is 5.69 Å². The normalized spacial score (nSPS) is 11.5. The highest BCUT2D eigenvalue weighted by Gasteiger charge is 2.42. The number of nitro benzene ring substituents is 1. The number of carbonyl (C=O) groups is 2. The number of carbonyl (C=O) groups excluding carboxylic acids is 1. The zero-order valence-electron chi connectivity index (χ0n) is 42.7. The summed E-state index contributed by atoms with van der Waals surface area (Å²) < 4.78 is 15.2. The number of rotatable bonds is 19. The molecule has 9 rings (SSSR count). The van der Waals surface area contributed by atoms with Crippen LogP contribution in [0.25, 0.3) is 22.5 Å². The number of aromatic carboxylic acids is 1. The van der Waals surface area contributed by atoms with Gasteiger partial charge in [0.2, 0.25) is 0 Å². The fourth-order valence-electron chi connectivity index (χ4n) is 9.34. The van der Waals surface area contributed by atoms with Gasteiger partial charge < -0.3 is 19.1 Å². The number of carboxylic acids is 1. The van der Waals surface area contributed by atoms with Gasteiger partial charge in [-0.1, -0.05) is 159 Å². The zero-order valence-corrected chi connectivity index (χ0v) is 43.6. The summed E-state index contributed by atoms with van der Waals surface area (Å²) >= 11 is 1.55. The number of imidazole rings is 1. The Balaban J connectivity index is 0.929. The van der Waals surface area contributed by atoms with Crippen molar-refractivity contribution in [2.75, 3.05) is 11.9 Å². The number of tetrazole rings is 1. The van der Waals surface area contributed by atoms with Crippen LogP contribution >= 0.6 is 11.8 Å². The van der Waals surface area contributed by atoms with Crippen molar-refractivity contribution in [1.29, 1.82) is 0 Å². The van der Waals surface area contributed by atoms with Gasteiger partial charge in [0.15, 0.2) is 11.5 Å². The van der Waals surface area contributed by atoms with E-state index < -0.39 is 28.1 Å². The molecule has 9 aromatic rings. The summed E-state index contributed by atoms with van der Waals surface area (Å²) in [4.78, 5) is 43.1. The van der Waals surface area contributed by atoms with Crippen molar-refractivity contribution in [2.45, 2.75) is 69.7 Å². The molecule has 0 radical (unpaired) electrons. The molecule has 16 heteroatoms. The summed E-state index contributed by atoms with van der Waals surface area (Å²) in [6, 6.07) is 58.7. The van der Waals surface area contributed by atoms with Gasteiger partial charge in [-0.25, -0.2) is 19.3 Å². The van der Waals surface area contributed by atoms with Gasteiger partial charge in [-0.3, -0.25) is 15.0 Å². The Morgan fingerprint density at radius 3 is 1.86 bits per heavy atom. The number of amides is 1. The molecule has 0 saturated carbocycles. The number of nitrogens with zero attached hydrogens (tertiary/aromatic N) is 8. The van der Waals surface area contributed by atoms with E-state index in [0.717, 1.165) is 55.8 Å². The van der Waals surface area contributed by atoms with Crippen LogP contribution in [0, 0.1) is 10.1 Å². The molecule has 1 amide bonds. The Hall–Kier alpha value is -8.89. The third-order valence-corrected chi connectivity index (χ3v) is 13.8. The minimum atomic E-state index is -1.04. The van der Waals surface area contributed by atoms with E-state index >= 15 is 0 Å². The maximum absolute atomic E-state index is 13.1. The van der Waals surface area contributed by atoms with Crippen LogP contribution in [0.1, 0.15) is 83.9 Å². The van der Waals surface area contributed by atoms with Crippen molar-refractivity contribution < 1.29 is 29.1 Å². The monoisotopic (exact) mass is 1030 g/mol. The maximum atomic E-state index is 13.1. The van der Waals surface area contributed by atoms with Crippen molar-refractivity contribution in [3.8, 4) is 34.0 Å². The van der Waals surface area contributed by atoms with Crippen molar-refractivity contribution in [2.24, 2.45) is 0 Å². The first kappa shape index (κ1) is 52.0. The Bertz CT molecular complexity index is 3380. The molecule has 2 aromatic heterocycles. The smallest absolute Gasteiger partial charge is 0.414 e. The molecule has 0 atom stereocenters. The molecular formula is C60H56N8O7S. The lowest BCUT2D eigenvalue weighted by molar-refractivity contribution is -0.384. The van der Waals surface area contributed by atoms with Gasteiger partial charge in [0.1, 0.15) is 34.2 Å². The average molecular weight is 1030 g/mol. The summed E-state index contributed by atoms with van der Waals surface area (Å²) in [5.74, 6) is 1.97. The van der Waals surface area contributed by atoms with E-state index in [-0.39, 0.29) is 17.1 Å². The van der Waals surface area contributed by atoms with Crippen LogP contribution in [0.15, 0.2) is 182 Å². The molecule has 1 N–H and O–H groups in total. The molecule has 76 heavy (non-hydrogen) atoms. The molecule has 0 aliphatic rings. The van der Waals surface area contributed by atoms with Crippen LogP contribution in [0.3, 0.4) is 0 Å².